The number of hydrogen-bond acceptors (Lipinski definition) is 3. The summed E-state index contributed by atoms with van der Waals surface area (Å²) in [5, 5.41) is 0.449. The Morgan fingerprint density at radius 3 is 2.76 bits per heavy atom. The summed E-state index contributed by atoms with van der Waals surface area (Å²) in [5.41, 5.74) is 0.776. The third kappa shape index (κ3) is 1.82. The Morgan fingerprint density at radius 2 is 2.12 bits per heavy atom. The van der Waals surface area contributed by atoms with E-state index < -0.39 is 10.0 Å². The molecule has 0 unspecified atom stereocenters. The summed E-state index contributed by atoms with van der Waals surface area (Å²) in [4.78, 5) is 2.42. The van der Waals surface area contributed by atoms with Gasteiger partial charge < -0.3 is 4.90 Å². The number of nitrogens with zero attached hydrogens (tertiary/aromatic N) is 1. The second-order valence-corrected chi connectivity index (χ2v) is 6.64. The molecule has 0 radical (unpaired) electrons. The molecule has 17 heavy (non-hydrogen) atoms. The molecule has 2 aliphatic rings. The normalized spacial score (nSPS) is 23.0. The van der Waals surface area contributed by atoms with Crippen LogP contribution in [0.2, 0.25) is 5.02 Å². The molecule has 0 spiro atoms. The zero-order chi connectivity index (χ0) is 12.0. The van der Waals surface area contributed by atoms with Crippen molar-refractivity contribution < 1.29 is 8.42 Å². The highest BCUT2D eigenvalue weighted by Crippen LogP contribution is 2.36. The van der Waals surface area contributed by atoms with Crippen LogP contribution in [-0.4, -0.2) is 21.1 Å². The molecule has 1 fully saturated rings. The number of anilines is 1. The van der Waals surface area contributed by atoms with Crippen LogP contribution in [0.4, 0.5) is 5.69 Å². The van der Waals surface area contributed by atoms with Crippen molar-refractivity contribution in [1.29, 1.82) is 0 Å². The van der Waals surface area contributed by atoms with Crippen molar-refractivity contribution in [3.63, 3.8) is 0 Å². The summed E-state index contributed by atoms with van der Waals surface area (Å²) >= 11 is 5.87. The molecule has 3 rings (SSSR count). The predicted molar refractivity (Wildman–Crippen MR) is 66.8 cm³/mol. The molecule has 92 valence electrons. The number of halogens is 1. The fourth-order valence-electron chi connectivity index (χ4n) is 2.28. The van der Waals surface area contributed by atoms with Gasteiger partial charge in [0, 0.05) is 11.1 Å². The van der Waals surface area contributed by atoms with Gasteiger partial charge in [-0.2, -0.15) is 4.72 Å². The van der Waals surface area contributed by atoms with Crippen molar-refractivity contribution in [1.82, 2.24) is 4.72 Å². The van der Waals surface area contributed by atoms with E-state index in [2.05, 4.69) is 9.62 Å². The van der Waals surface area contributed by atoms with Crippen LogP contribution in [0.15, 0.2) is 23.1 Å². The van der Waals surface area contributed by atoms with E-state index >= 15 is 0 Å². The maximum atomic E-state index is 11.9. The van der Waals surface area contributed by atoms with E-state index in [-0.39, 0.29) is 0 Å². The number of nitrogens with one attached hydrogen (secondary N) is 1. The second kappa shape index (κ2) is 3.86. The highest BCUT2D eigenvalue weighted by atomic mass is 35.5. The van der Waals surface area contributed by atoms with Gasteiger partial charge in [-0.15, -0.1) is 0 Å². The minimum Gasteiger partial charge on any atom is -0.354 e. The quantitative estimate of drug-likeness (QED) is 0.850. The molecule has 0 saturated heterocycles. The highest BCUT2D eigenvalue weighted by Gasteiger charge is 2.34. The number of benzene rings is 1. The van der Waals surface area contributed by atoms with Gasteiger partial charge in [-0.3, -0.25) is 0 Å². The summed E-state index contributed by atoms with van der Waals surface area (Å²) in [7, 11) is -3.39. The van der Waals surface area contributed by atoms with Crippen LogP contribution in [0.5, 0.6) is 0 Å². The molecule has 1 N–H and O–H groups in total. The van der Waals surface area contributed by atoms with E-state index in [1.54, 1.807) is 12.1 Å². The molecular formula is C11H13ClN2O2S. The lowest BCUT2D eigenvalue weighted by Gasteiger charge is -2.42. The summed E-state index contributed by atoms with van der Waals surface area (Å²) in [6.45, 7) is 0.363. The van der Waals surface area contributed by atoms with Gasteiger partial charge in [0.05, 0.1) is 12.4 Å². The molecule has 0 aromatic heterocycles. The second-order valence-electron chi connectivity index (χ2n) is 4.47. The summed E-state index contributed by atoms with van der Waals surface area (Å²) in [6, 6.07) is 5.52. The number of rotatable bonds is 1. The number of hydrogen-bond donors (Lipinski definition) is 1. The van der Waals surface area contributed by atoms with Gasteiger partial charge in [0.15, 0.2) is 0 Å². The molecule has 1 saturated carbocycles. The minimum atomic E-state index is -3.39. The van der Waals surface area contributed by atoms with Gasteiger partial charge in [0.25, 0.3) is 0 Å². The Labute approximate surface area is 106 Å². The summed E-state index contributed by atoms with van der Waals surface area (Å²) in [5.74, 6) is 0. The first kappa shape index (κ1) is 11.3. The predicted octanol–water partition coefficient (Wildman–Crippen LogP) is 1.95. The molecule has 1 heterocycles. The molecule has 0 atom stereocenters. The lowest BCUT2D eigenvalue weighted by molar-refractivity contribution is 0.380. The average molecular weight is 273 g/mol. The standard InChI is InChI=1S/C11H13ClN2O2S/c12-8-4-5-10-11(6-8)17(15,16)13-7-14(10)9-2-1-3-9/h4-6,9,13H,1-3,7H2. The largest absolute Gasteiger partial charge is 0.354 e. The van der Waals surface area contributed by atoms with E-state index in [1.165, 1.54) is 12.5 Å². The van der Waals surface area contributed by atoms with E-state index in [0.717, 1.165) is 18.5 Å². The average Bonchev–Trinajstić information content (AvgIpc) is 2.20. The van der Waals surface area contributed by atoms with Gasteiger partial charge in [0.2, 0.25) is 10.0 Å². The molecule has 1 aromatic carbocycles. The fraction of sp³-hybridized carbons (Fsp3) is 0.455. The van der Waals surface area contributed by atoms with Gasteiger partial charge in [-0.25, -0.2) is 8.42 Å². The maximum Gasteiger partial charge on any atom is 0.244 e. The van der Waals surface area contributed by atoms with Crippen LogP contribution in [0.1, 0.15) is 19.3 Å². The zero-order valence-corrected chi connectivity index (χ0v) is 10.8. The Balaban J connectivity index is 2.10. The van der Waals surface area contributed by atoms with Crippen molar-refractivity contribution in [2.24, 2.45) is 0 Å². The Morgan fingerprint density at radius 1 is 1.35 bits per heavy atom. The molecule has 4 nitrogen and oxygen atoms in total. The number of fused-ring (bicyclic) bond motifs is 1. The first-order valence-electron chi connectivity index (χ1n) is 5.64. The zero-order valence-electron chi connectivity index (χ0n) is 9.19. The lowest BCUT2D eigenvalue weighted by atomic mass is 9.91. The van der Waals surface area contributed by atoms with Crippen LogP contribution in [0.3, 0.4) is 0 Å². The molecule has 0 amide bonds. The monoisotopic (exact) mass is 272 g/mol. The third-order valence-electron chi connectivity index (χ3n) is 3.46. The minimum absolute atomic E-state index is 0.295. The Bertz CT molecular complexity index is 555. The van der Waals surface area contributed by atoms with Crippen LogP contribution >= 0.6 is 11.6 Å². The smallest absolute Gasteiger partial charge is 0.244 e. The van der Waals surface area contributed by atoms with Gasteiger partial charge in [0.1, 0.15) is 4.90 Å². The van der Waals surface area contributed by atoms with Crippen LogP contribution in [0.25, 0.3) is 0 Å². The lowest BCUT2D eigenvalue weighted by Crippen LogP contribution is -2.50. The van der Waals surface area contributed by atoms with Crippen molar-refractivity contribution in [2.45, 2.75) is 30.2 Å². The van der Waals surface area contributed by atoms with Gasteiger partial charge in [-0.1, -0.05) is 11.6 Å². The third-order valence-corrected chi connectivity index (χ3v) is 5.11. The SMILES string of the molecule is O=S1(=O)NCN(C2CCC2)c2ccc(Cl)cc21. The fourth-order valence-corrected chi connectivity index (χ4v) is 3.73. The van der Waals surface area contributed by atoms with Crippen molar-refractivity contribution in [3.8, 4) is 0 Å². The van der Waals surface area contributed by atoms with Crippen molar-refractivity contribution in [3.05, 3.63) is 23.2 Å². The molecule has 1 aromatic rings. The highest BCUT2D eigenvalue weighted by molar-refractivity contribution is 7.89. The molecule has 6 heteroatoms. The molecule has 1 aliphatic carbocycles. The van der Waals surface area contributed by atoms with E-state index in [4.69, 9.17) is 11.6 Å². The van der Waals surface area contributed by atoms with E-state index in [9.17, 15) is 8.42 Å². The van der Waals surface area contributed by atoms with Gasteiger partial charge >= 0.3 is 0 Å². The van der Waals surface area contributed by atoms with Crippen LogP contribution < -0.4 is 9.62 Å². The van der Waals surface area contributed by atoms with Crippen molar-refractivity contribution >= 4 is 27.3 Å². The summed E-state index contributed by atoms with van der Waals surface area (Å²) in [6.07, 6.45) is 3.48. The maximum absolute atomic E-state index is 11.9. The topological polar surface area (TPSA) is 49.4 Å². The van der Waals surface area contributed by atoms with E-state index in [1.807, 2.05) is 0 Å². The number of sulfonamides is 1. The van der Waals surface area contributed by atoms with Crippen molar-refractivity contribution in [2.75, 3.05) is 11.6 Å². The van der Waals surface area contributed by atoms with Gasteiger partial charge in [-0.05, 0) is 37.5 Å². The van der Waals surface area contributed by atoms with Crippen LogP contribution in [-0.2, 0) is 10.0 Å². The molecule has 1 aliphatic heterocycles. The molecule has 0 bridgehead atoms. The first-order valence-corrected chi connectivity index (χ1v) is 7.50. The summed E-state index contributed by atoms with van der Waals surface area (Å²) < 4.78 is 26.4. The molecular weight excluding hydrogens is 260 g/mol. The van der Waals surface area contributed by atoms with Crippen LogP contribution in [0, 0.1) is 0 Å². The van der Waals surface area contributed by atoms with E-state index in [0.29, 0.717) is 22.6 Å². The Hall–Kier alpha value is -0.780. The Kier molecular flexibility index (Phi) is 2.57. The first-order chi connectivity index (χ1) is 8.08.